The summed E-state index contributed by atoms with van der Waals surface area (Å²) >= 11 is 0. The molecule has 3 aromatic carbocycles. The highest BCUT2D eigenvalue weighted by Gasteiger charge is 2.33. The number of sulfonamides is 1. The van der Waals surface area contributed by atoms with Crippen molar-refractivity contribution in [3.05, 3.63) is 102 Å². The Bertz CT molecular complexity index is 1780. The zero-order chi connectivity index (χ0) is 34.0. The number of benzene rings is 3. The van der Waals surface area contributed by atoms with Gasteiger partial charge in [0.2, 0.25) is 5.91 Å². The molecule has 0 bridgehead atoms. The van der Waals surface area contributed by atoms with Crippen LogP contribution >= 0.6 is 0 Å². The Morgan fingerprint density at radius 2 is 1.57 bits per heavy atom. The molecule has 0 unspecified atom stereocenters. The lowest BCUT2D eigenvalue weighted by Gasteiger charge is -2.18. The molecule has 10 nitrogen and oxygen atoms in total. The molecule has 0 saturated carbocycles. The van der Waals surface area contributed by atoms with Crippen molar-refractivity contribution in [2.75, 3.05) is 35.0 Å². The third-order valence-electron chi connectivity index (χ3n) is 7.18. The molecule has 248 valence electrons. The zero-order valence-electron chi connectivity index (χ0n) is 25.8. The van der Waals surface area contributed by atoms with Crippen molar-refractivity contribution < 1.29 is 31.2 Å². The minimum absolute atomic E-state index is 0.00770. The van der Waals surface area contributed by atoms with E-state index in [4.69, 9.17) is 0 Å². The van der Waals surface area contributed by atoms with Gasteiger partial charge in [-0.2, -0.15) is 13.2 Å². The molecule has 1 aromatic heterocycles. The lowest BCUT2D eigenvalue weighted by molar-refractivity contribution is -0.137. The largest absolute Gasteiger partial charge is 0.416 e. The molecule has 0 fully saturated rings. The van der Waals surface area contributed by atoms with E-state index in [1.807, 2.05) is 13.8 Å². The van der Waals surface area contributed by atoms with E-state index in [1.165, 1.54) is 30.3 Å². The van der Waals surface area contributed by atoms with Crippen LogP contribution in [0.3, 0.4) is 0 Å². The van der Waals surface area contributed by atoms with E-state index in [2.05, 4.69) is 30.6 Å². The van der Waals surface area contributed by atoms with Gasteiger partial charge in [-0.25, -0.2) is 13.2 Å². The van der Waals surface area contributed by atoms with Crippen molar-refractivity contribution in [1.29, 1.82) is 0 Å². The third kappa shape index (κ3) is 10.0. The number of carbonyl (C=O) groups is 2. The fourth-order valence-corrected chi connectivity index (χ4v) is 5.95. The highest BCUT2D eigenvalue weighted by Crippen LogP contribution is 2.36. The highest BCUT2D eigenvalue weighted by atomic mass is 32.2. The van der Waals surface area contributed by atoms with E-state index in [1.54, 1.807) is 42.7 Å². The van der Waals surface area contributed by atoms with Crippen molar-refractivity contribution in [1.82, 2.24) is 15.2 Å². The predicted molar refractivity (Wildman–Crippen MR) is 175 cm³/mol. The number of anilines is 3. The van der Waals surface area contributed by atoms with Gasteiger partial charge in [-0.05, 0) is 78.8 Å². The maximum Gasteiger partial charge on any atom is 0.416 e. The van der Waals surface area contributed by atoms with Crippen LogP contribution in [-0.2, 0) is 27.5 Å². The van der Waals surface area contributed by atoms with Crippen molar-refractivity contribution in [2.45, 2.75) is 37.9 Å². The molecule has 0 aliphatic carbocycles. The molecular weight excluding hydrogens is 633 g/mol. The molecule has 0 spiro atoms. The number of alkyl halides is 3. The Labute approximate surface area is 271 Å². The maximum atomic E-state index is 13.7. The standard InChI is InChI=1S/C33H35F3N6O4S/c1-3-42(4-2)18-16-31(43)39-28-9-5-8-24(19-28)29-15-10-25(33(34,35)36)20-30(29)47(45,46)41-27-13-11-26(12-14-27)40-32(44)38-22-23-7-6-17-37-21-23/h5-15,17,19-21,41H,3-4,16,18,22H2,1-2H3,(H,39,43)(H2,38,40,44). The van der Waals surface area contributed by atoms with Crippen LogP contribution in [0.5, 0.6) is 0 Å². The normalized spacial score (nSPS) is 11.6. The van der Waals surface area contributed by atoms with E-state index in [-0.39, 0.29) is 35.7 Å². The van der Waals surface area contributed by atoms with Gasteiger partial charge in [0.25, 0.3) is 10.0 Å². The van der Waals surface area contributed by atoms with Crippen LogP contribution < -0.4 is 20.7 Å². The number of rotatable bonds is 13. The second-order valence-corrected chi connectivity index (χ2v) is 12.1. The number of nitrogens with one attached hydrogen (secondary N) is 4. The van der Waals surface area contributed by atoms with Crippen LogP contribution in [0.25, 0.3) is 11.1 Å². The van der Waals surface area contributed by atoms with Crippen molar-refractivity contribution in [3.63, 3.8) is 0 Å². The quantitative estimate of drug-likeness (QED) is 0.128. The third-order valence-corrected chi connectivity index (χ3v) is 8.60. The first kappa shape index (κ1) is 34.9. The van der Waals surface area contributed by atoms with E-state index in [9.17, 15) is 31.2 Å². The number of amides is 3. The molecule has 3 amide bonds. The minimum atomic E-state index is -4.80. The number of urea groups is 1. The maximum absolute atomic E-state index is 13.7. The number of hydrogen-bond acceptors (Lipinski definition) is 6. The molecule has 14 heteroatoms. The van der Waals surface area contributed by atoms with Gasteiger partial charge >= 0.3 is 12.2 Å². The Balaban J connectivity index is 1.53. The summed E-state index contributed by atoms with van der Waals surface area (Å²) in [5, 5.41) is 8.07. The number of nitrogens with zero attached hydrogens (tertiary/aromatic N) is 2. The second kappa shape index (κ2) is 15.6. The average molecular weight is 669 g/mol. The number of halogens is 3. The summed E-state index contributed by atoms with van der Waals surface area (Å²) in [6.07, 6.45) is -1.34. The highest BCUT2D eigenvalue weighted by molar-refractivity contribution is 7.92. The summed E-state index contributed by atoms with van der Waals surface area (Å²) in [4.78, 5) is 30.3. The van der Waals surface area contributed by atoms with Gasteiger partial charge in [0.05, 0.1) is 10.5 Å². The summed E-state index contributed by atoms with van der Waals surface area (Å²) in [5.74, 6) is -0.250. The van der Waals surface area contributed by atoms with Crippen molar-refractivity contribution in [2.24, 2.45) is 0 Å². The first-order valence-electron chi connectivity index (χ1n) is 14.8. The van der Waals surface area contributed by atoms with Crippen LogP contribution in [0.1, 0.15) is 31.4 Å². The van der Waals surface area contributed by atoms with Gasteiger partial charge in [0.1, 0.15) is 0 Å². The van der Waals surface area contributed by atoms with E-state index in [0.29, 0.717) is 24.0 Å². The van der Waals surface area contributed by atoms with Gasteiger partial charge in [-0.1, -0.05) is 38.1 Å². The predicted octanol–water partition coefficient (Wildman–Crippen LogP) is 6.56. The summed E-state index contributed by atoms with van der Waals surface area (Å²) in [5.41, 5.74) is 0.737. The monoisotopic (exact) mass is 668 g/mol. The van der Waals surface area contributed by atoms with Crippen molar-refractivity contribution >= 4 is 39.0 Å². The van der Waals surface area contributed by atoms with Gasteiger partial charge in [-0.3, -0.25) is 14.5 Å². The molecule has 0 radical (unpaired) electrons. The van der Waals surface area contributed by atoms with Crippen LogP contribution in [0.15, 0.2) is 96.2 Å². The van der Waals surface area contributed by atoms with Gasteiger partial charge in [0, 0.05) is 54.5 Å². The van der Waals surface area contributed by atoms with E-state index < -0.39 is 32.7 Å². The Morgan fingerprint density at radius 1 is 0.851 bits per heavy atom. The van der Waals surface area contributed by atoms with Gasteiger partial charge in [0.15, 0.2) is 0 Å². The fourth-order valence-electron chi connectivity index (χ4n) is 4.64. The average Bonchev–Trinajstić information content (AvgIpc) is 3.05. The van der Waals surface area contributed by atoms with Crippen LogP contribution in [0, 0.1) is 0 Å². The van der Waals surface area contributed by atoms with Gasteiger partial charge in [-0.15, -0.1) is 0 Å². The van der Waals surface area contributed by atoms with Gasteiger partial charge < -0.3 is 20.9 Å². The molecule has 4 N–H and O–H groups in total. The smallest absolute Gasteiger partial charge is 0.334 e. The Hall–Kier alpha value is -4.95. The summed E-state index contributed by atoms with van der Waals surface area (Å²) in [6.45, 7) is 6.38. The topological polar surface area (TPSA) is 133 Å². The number of pyridine rings is 1. The molecule has 1 heterocycles. The number of hydrogen-bond donors (Lipinski definition) is 4. The molecule has 0 atom stereocenters. The Morgan fingerprint density at radius 3 is 2.23 bits per heavy atom. The molecular formula is C33H35F3N6O4S. The lowest BCUT2D eigenvalue weighted by atomic mass is 10.0. The van der Waals surface area contributed by atoms with Crippen LogP contribution in [-0.4, -0.2) is 49.9 Å². The minimum Gasteiger partial charge on any atom is -0.334 e. The summed E-state index contributed by atoms with van der Waals surface area (Å²) in [6, 6.07) is 17.4. The van der Waals surface area contributed by atoms with E-state index >= 15 is 0 Å². The lowest BCUT2D eigenvalue weighted by Crippen LogP contribution is -2.28. The molecule has 0 saturated heterocycles. The first-order valence-corrected chi connectivity index (χ1v) is 16.3. The number of aromatic nitrogens is 1. The second-order valence-electron chi connectivity index (χ2n) is 10.5. The molecule has 4 aromatic rings. The molecule has 4 rings (SSSR count). The molecule has 0 aliphatic heterocycles. The van der Waals surface area contributed by atoms with Crippen LogP contribution in [0.4, 0.5) is 35.0 Å². The summed E-state index contributed by atoms with van der Waals surface area (Å²) in [7, 11) is -4.56. The van der Waals surface area contributed by atoms with E-state index in [0.717, 1.165) is 30.8 Å². The zero-order valence-corrected chi connectivity index (χ0v) is 26.6. The molecule has 0 aliphatic rings. The summed E-state index contributed by atoms with van der Waals surface area (Å²) < 4.78 is 70.6. The number of carbonyl (C=O) groups excluding carboxylic acids is 2. The SMILES string of the molecule is CCN(CC)CCC(=O)Nc1cccc(-c2ccc(C(F)(F)F)cc2S(=O)(=O)Nc2ccc(NC(=O)NCc3cccnc3)cc2)c1. The molecule has 47 heavy (non-hydrogen) atoms. The first-order chi connectivity index (χ1) is 22.4. The Kier molecular flexibility index (Phi) is 11.6. The fraction of sp³-hybridized carbons (Fsp3) is 0.242. The van der Waals surface area contributed by atoms with Crippen molar-refractivity contribution in [3.8, 4) is 11.1 Å². The van der Waals surface area contributed by atoms with Crippen LogP contribution in [0.2, 0.25) is 0 Å².